The number of para-hydroxylation sites is 1. The molecule has 0 spiro atoms. The summed E-state index contributed by atoms with van der Waals surface area (Å²) < 4.78 is 2.50. The maximum atomic E-state index is 13.1. The van der Waals surface area contributed by atoms with Crippen molar-refractivity contribution in [1.29, 1.82) is 0 Å². The molecule has 3 rings (SSSR count). The molecule has 0 fully saturated rings. The lowest BCUT2D eigenvalue weighted by Crippen LogP contribution is -2.35. The number of nitrogens with one attached hydrogen (secondary N) is 1. The first-order chi connectivity index (χ1) is 13.5. The first-order valence-corrected chi connectivity index (χ1v) is 10.2. The predicted molar refractivity (Wildman–Crippen MR) is 119 cm³/mol. The van der Waals surface area contributed by atoms with E-state index in [4.69, 9.17) is 0 Å². The number of carbonyl (C=O) groups is 1. The van der Waals surface area contributed by atoms with Crippen molar-refractivity contribution in [1.82, 2.24) is 4.57 Å². The Bertz CT molecular complexity index is 1060. The summed E-state index contributed by atoms with van der Waals surface area (Å²) in [5.41, 5.74) is 2.72. The van der Waals surface area contributed by atoms with Crippen molar-refractivity contribution in [2.75, 3.05) is 23.3 Å². The van der Waals surface area contributed by atoms with E-state index in [1.54, 1.807) is 16.5 Å². The smallest absolute Gasteiger partial charge is 0.256 e. The zero-order chi connectivity index (χ0) is 20.3. The Hall–Kier alpha value is -2.60. The number of anilines is 2. The molecule has 0 aliphatic rings. The highest BCUT2D eigenvalue weighted by Gasteiger charge is 2.22. The minimum Gasteiger partial charge on any atom is -0.384 e. The number of carbonyl (C=O) groups excluding carboxylic acids is 1. The molecule has 1 amide bonds. The highest BCUT2D eigenvalue weighted by Crippen LogP contribution is 2.32. The van der Waals surface area contributed by atoms with Crippen LogP contribution in [0.2, 0.25) is 0 Å². The van der Waals surface area contributed by atoms with Gasteiger partial charge in [-0.2, -0.15) is 0 Å². The number of nitrogens with zero attached hydrogens (tertiary/aromatic N) is 2. The number of rotatable bonds is 6. The topological polar surface area (TPSA) is 54.3 Å². The third-order valence-corrected chi connectivity index (χ3v) is 5.50. The van der Waals surface area contributed by atoms with E-state index in [0.29, 0.717) is 18.7 Å². The van der Waals surface area contributed by atoms with E-state index < -0.39 is 0 Å². The van der Waals surface area contributed by atoms with E-state index in [-0.39, 0.29) is 17.9 Å². The van der Waals surface area contributed by atoms with Crippen molar-refractivity contribution in [3.8, 4) is 0 Å². The van der Waals surface area contributed by atoms with Gasteiger partial charge in [-0.15, -0.1) is 0 Å². The van der Waals surface area contributed by atoms with Crippen molar-refractivity contribution in [3.05, 3.63) is 68.9 Å². The first kappa shape index (κ1) is 20.1. The van der Waals surface area contributed by atoms with Crippen LogP contribution in [0, 0.1) is 0 Å². The summed E-state index contributed by atoms with van der Waals surface area (Å²) in [7, 11) is 1.75. The van der Waals surface area contributed by atoms with E-state index in [2.05, 4.69) is 21.2 Å². The monoisotopic (exact) mass is 441 g/mol. The quantitative estimate of drug-likeness (QED) is 0.619. The number of likely N-dealkylation sites (N-methyl/N-ethyl adjacent to an activating group) is 1. The van der Waals surface area contributed by atoms with Gasteiger partial charge < -0.3 is 14.8 Å². The Morgan fingerprint density at radius 2 is 1.82 bits per heavy atom. The third-order valence-electron chi connectivity index (χ3n) is 4.83. The van der Waals surface area contributed by atoms with Gasteiger partial charge in [-0.3, -0.25) is 9.59 Å². The van der Waals surface area contributed by atoms with Crippen LogP contribution >= 0.6 is 15.9 Å². The molecule has 0 aliphatic carbocycles. The van der Waals surface area contributed by atoms with E-state index in [0.717, 1.165) is 26.8 Å². The molecule has 0 atom stereocenters. The number of pyridine rings is 1. The lowest BCUT2D eigenvalue weighted by Gasteiger charge is -2.23. The summed E-state index contributed by atoms with van der Waals surface area (Å²) in [6.07, 6.45) is 0.0367. The van der Waals surface area contributed by atoms with Crippen molar-refractivity contribution in [2.24, 2.45) is 7.05 Å². The van der Waals surface area contributed by atoms with Crippen molar-refractivity contribution in [3.63, 3.8) is 0 Å². The molecule has 0 aliphatic heterocycles. The number of aromatic nitrogens is 1. The van der Waals surface area contributed by atoms with Crippen LogP contribution in [-0.4, -0.2) is 23.6 Å². The molecule has 0 saturated carbocycles. The van der Waals surface area contributed by atoms with Gasteiger partial charge >= 0.3 is 0 Å². The van der Waals surface area contributed by atoms with Gasteiger partial charge in [0.2, 0.25) is 5.91 Å². The summed E-state index contributed by atoms with van der Waals surface area (Å²) in [5, 5.41) is 4.23. The molecule has 3 aromatic rings. The van der Waals surface area contributed by atoms with E-state index in [1.165, 1.54) is 0 Å². The molecular formula is C22H24BrN3O2. The first-order valence-electron chi connectivity index (χ1n) is 9.38. The van der Waals surface area contributed by atoms with Crippen LogP contribution in [0.4, 0.5) is 11.4 Å². The number of benzene rings is 2. The summed E-state index contributed by atoms with van der Waals surface area (Å²) in [6.45, 7) is 5.11. The Balaban J connectivity index is 2.13. The Labute approximate surface area is 173 Å². The number of halogens is 1. The molecule has 146 valence electrons. The summed E-state index contributed by atoms with van der Waals surface area (Å²) in [4.78, 5) is 27.9. The van der Waals surface area contributed by atoms with Crippen LogP contribution < -0.4 is 15.8 Å². The maximum absolute atomic E-state index is 13.1. The average molecular weight is 442 g/mol. The SMILES string of the molecule is CCNc1c(CC(=O)N(CC)c2ccccc2)c(=O)n(C)c2cccc(Br)c12. The molecule has 1 aromatic heterocycles. The largest absolute Gasteiger partial charge is 0.384 e. The lowest BCUT2D eigenvalue weighted by molar-refractivity contribution is -0.117. The standard InChI is InChI=1S/C22H24BrN3O2/c1-4-24-21-16(14-19(27)26(5-2)15-10-7-6-8-11-15)22(28)25(3)18-13-9-12-17(23)20(18)21/h6-13,24H,4-5,14H2,1-3H3. The molecule has 0 saturated heterocycles. The summed E-state index contributed by atoms with van der Waals surface area (Å²) in [5.74, 6) is -0.101. The molecule has 6 heteroatoms. The Kier molecular flexibility index (Phi) is 6.19. The van der Waals surface area contributed by atoms with Gasteiger partial charge in [0.25, 0.3) is 5.56 Å². The van der Waals surface area contributed by atoms with Gasteiger partial charge in [-0.25, -0.2) is 0 Å². The van der Waals surface area contributed by atoms with Gasteiger partial charge in [0, 0.05) is 35.7 Å². The van der Waals surface area contributed by atoms with E-state index in [9.17, 15) is 9.59 Å². The number of hydrogen-bond donors (Lipinski definition) is 1. The Morgan fingerprint density at radius 1 is 1.11 bits per heavy atom. The molecule has 5 nitrogen and oxygen atoms in total. The summed E-state index contributed by atoms with van der Waals surface area (Å²) in [6, 6.07) is 15.3. The van der Waals surface area contributed by atoms with Crippen LogP contribution in [0.5, 0.6) is 0 Å². The second kappa shape index (κ2) is 8.61. The van der Waals surface area contributed by atoms with Crippen LogP contribution in [0.15, 0.2) is 57.8 Å². The minimum atomic E-state index is -0.154. The summed E-state index contributed by atoms with van der Waals surface area (Å²) >= 11 is 3.61. The highest BCUT2D eigenvalue weighted by molar-refractivity contribution is 9.10. The Morgan fingerprint density at radius 3 is 2.46 bits per heavy atom. The molecule has 1 N–H and O–H groups in total. The van der Waals surface area contributed by atoms with Crippen LogP contribution in [0.3, 0.4) is 0 Å². The molecule has 28 heavy (non-hydrogen) atoms. The fourth-order valence-corrected chi connectivity index (χ4v) is 4.06. The minimum absolute atomic E-state index is 0.0367. The van der Waals surface area contributed by atoms with Gasteiger partial charge in [-0.1, -0.05) is 40.2 Å². The predicted octanol–water partition coefficient (Wildman–Crippen LogP) is 4.33. The molecular weight excluding hydrogens is 418 g/mol. The fourth-order valence-electron chi connectivity index (χ4n) is 3.50. The normalized spacial score (nSPS) is 10.9. The molecule has 0 unspecified atom stereocenters. The molecule has 1 heterocycles. The number of hydrogen-bond acceptors (Lipinski definition) is 3. The lowest BCUT2D eigenvalue weighted by atomic mass is 10.0. The van der Waals surface area contributed by atoms with Gasteiger partial charge in [0.15, 0.2) is 0 Å². The van der Waals surface area contributed by atoms with Gasteiger partial charge in [-0.05, 0) is 38.1 Å². The maximum Gasteiger partial charge on any atom is 0.256 e. The van der Waals surface area contributed by atoms with Crippen LogP contribution in [0.25, 0.3) is 10.9 Å². The van der Waals surface area contributed by atoms with Crippen molar-refractivity contribution in [2.45, 2.75) is 20.3 Å². The second-order valence-corrected chi connectivity index (χ2v) is 7.39. The third kappa shape index (κ3) is 3.69. The van der Waals surface area contributed by atoms with Gasteiger partial charge in [0.1, 0.15) is 0 Å². The number of fused-ring (bicyclic) bond motifs is 1. The fraction of sp³-hybridized carbons (Fsp3) is 0.273. The van der Waals surface area contributed by atoms with Crippen LogP contribution in [-0.2, 0) is 18.3 Å². The van der Waals surface area contributed by atoms with E-state index in [1.807, 2.05) is 62.4 Å². The zero-order valence-electron chi connectivity index (χ0n) is 16.3. The molecule has 0 radical (unpaired) electrons. The second-order valence-electron chi connectivity index (χ2n) is 6.53. The number of aryl methyl sites for hydroxylation is 1. The zero-order valence-corrected chi connectivity index (χ0v) is 17.9. The number of amides is 1. The van der Waals surface area contributed by atoms with E-state index >= 15 is 0 Å². The van der Waals surface area contributed by atoms with Crippen molar-refractivity contribution < 1.29 is 4.79 Å². The molecule has 2 aromatic carbocycles. The van der Waals surface area contributed by atoms with Gasteiger partial charge in [0.05, 0.1) is 23.2 Å². The molecule has 0 bridgehead atoms. The average Bonchev–Trinajstić information content (AvgIpc) is 2.70. The highest BCUT2D eigenvalue weighted by atomic mass is 79.9. The van der Waals surface area contributed by atoms with Crippen LogP contribution in [0.1, 0.15) is 19.4 Å². The van der Waals surface area contributed by atoms with Crippen molar-refractivity contribution >= 4 is 44.1 Å².